The molecule has 0 spiro atoms. The number of anilines is 1. The molecule has 1 heterocycles. The summed E-state index contributed by atoms with van der Waals surface area (Å²) in [5, 5.41) is 0. The minimum absolute atomic E-state index is 0.0555. The number of hydrogen-bond acceptors (Lipinski definition) is 4. The third kappa shape index (κ3) is 4.51. The third-order valence-corrected chi connectivity index (χ3v) is 5.91. The number of rotatable bonds is 5. The van der Waals surface area contributed by atoms with Gasteiger partial charge in [0.2, 0.25) is 15.9 Å². The lowest BCUT2D eigenvalue weighted by molar-refractivity contribution is -0.117. The molecular formula is C20H23FN2O4S. The van der Waals surface area contributed by atoms with Gasteiger partial charge in [-0.3, -0.25) is 4.79 Å². The van der Waals surface area contributed by atoms with E-state index in [1.165, 1.54) is 36.1 Å². The summed E-state index contributed by atoms with van der Waals surface area (Å²) in [4.78, 5) is 13.6. The highest BCUT2D eigenvalue weighted by Crippen LogP contribution is 2.38. The van der Waals surface area contributed by atoms with Crippen LogP contribution in [0.4, 0.5) is 10.1 Å². The fourth-order valence-electron chi connectivity index (χ4n) is 3.10. The van der Waals surface area contributed by atoms with E-state index in [4.69, 9.17) is 4.74 Å². The molecule has 1 N–H and O–H groups in total. The van der Waals surface area contributed by atoms with Crippen LogP contribution >= 0.6 is 0 Å². The van der Waals surface area contributed by atoms with Gasteiger partial charge in [-0.25, -0.2) is 17.5 Å². The van der Waals surface area contributed by atoms with Crippen molar-refractivity contribution >= 4 is 21.6 Å². The van der Waals surface area contributed by atoms with Crippen molar-refractivity contribution < 1.29 is 22.3 Å². The van der Waals surface area contributed by atoms with Gasteiger partial charge in [0.05, 0.1) is 17.1 Å². The molecule has 2 aromatic rings. The minimum atomic E-state index is -3.77. The maximum Gasteiger partial charge on any atom is 0.240 e. The number of ether oxygens (including phenoxy) is 1. The molecule has 1 aliphatic heterocycles. The lowest BCUT2D eigenvalue weighted by atomic mass is 10.1. The highest BCUT2D eigenvalue weighted by molar-refractivity contribution is 7.89. The van der Waals surface area contributed by atoms with Gasteiger partial charge in [0.25, 0.3) is 0 Å². The molecule has 0 bridgehead atoms. The number of hydrogen-bond donors (Lipinski definition) is 1. The van der Waals surface area contributed by atoms with Gasteiger partial charge in [-0.15, -0.1) is 0 Å². The molecule has 0 saturated heterocycles. The Hall–Kier alpha value is -2.45. The number of carbonyl (C=O) groups excluding carboxylic acids is 1. The monoisotopic (exact) mass is 406 g/mol. The number of fused-ring (bicyclic) bond motifs is 1. The number of carbonyl (C=O) groups is 1. The molecule has 28 heavy (non-hydrogen) atoms. The van der Waals surface area contributed by atoms with E-state index in [0.29, 0.717) is 24.4 Å². The minimum Gasteiger partial charge on any atom is -0.484 e. The van der Waals surface area contributed by atoms with Gasteiger partial charge < -0.3 is 9.64 Å². The van der Waals surface area contributed by atoms with Crippen LogP contribution in [0.25, 0.3) is 0 Å². The molecule has 0 aromatic heterocycles. The van der Waals surface area contributed by atoms with Crippen LogP contribution in [-0.2, 0) is 21.2 Å². The van der Waals surface area contributed by atoms with Crippen molar-refractivity contribution in [1.29, 1.82) is 0 Å². The number of nitrogens with one attached hydrogen (secondary N) is 1. The lowest BCUT2D eigenvalue weighted by Crippen LogP contribution is -2.48. The van der Waals surface area contributed by atoms with Gasteiger partial charge >= 0.3 is 0 Å². The zero-order valence-corrected chi connectivity index (χ0v) is 16.8. The first-order valence-corrected chi connectivity index (χ1v) is 10.4. The van der Waals surface area contributed by atoms with Crippen molar-refractivity contribution in [3.63, 3.8) is 0 Å². The topological polar surface area (TPSA) is 75.7 Å². The predicted octanol–water partition coefficient (Wildman–Crippen LogP) is 2.87. The van der Waals surface area contributed by atoms with E-state index >= 15 is 0 Å². The average Bonchev–Trinajstić information content (AvgIpc) is 2.61. The van der Waals surface area contributed by atoms with Crippen molar-refractivity contribution in [2.24, 2.45) is 0 Å². The molecule has 150 valence electrons. The summed E-state index contributed by atoms with van der Waals surface area (Å²) >= 11 is 0. The Labute approximate surface area is 164 Å². The average molecular weight is 406 g/mol. The zero-order valence-electron chi connectivity index (χ0n) is 16.0. The maximum absolute atomic E-state index is 12.9. The Morgan fingerprint density at radius 1 is 1.21 bits per heavy atom. The lowest BCUT2D eigenvalue weighted by Gasteiger charge is -2.39. The number of benzene rings is 2. The molecule has 0 aliphatic carbocycles. The van der Waals surface area contributed by atoms with Crippen LogP contribution in [0.3, 0.4) is 0 Å². The van der Waals surface area contributed by atoms with Crippen molar-refractivity contribution in [1.82, 2.24) is 4.72 Å². The van der Waals surface area contributed by atoms with E-state index in [9.17, 15) is 17.6 Å². The van der Waals surface area contributed by atoms with Gasteiger partial charge in [0.1, 0.15) is 17.2 Å². The molecule has 1 aliphatic rings. The number of halogens is 1. The van der Waals surface area contributed by atoms with Crippen molar-refractivity contribution in [2.75, 3.05) is 18.0 Å². The Morgan fingerprint density at radius 2 is 1.89 bits per heavy atom. The summed E-state index contributed by atoms with van der Waals surface area (Å²) in [6.45, 7) is 5.68. The maximum atomic E-state index is 12.9. The molecule has 8 heteroatoms. The van der Waals surface area contributed by atoms with Crippen molar-refractivity contribution in [3.8, 4) is 5.75 Å². The quantitative estimate of drug-likeness (QED) is 0.829. The van der Waals surface area contributed by atoms with Crippen LogP contribution in [-0.4, -0.2) is 33.0 Å². The molecule has 0 unspecified atom stereocenters. The van der Waals surface area contributed by atoms with Gasteiger partial charge in [0, 0.05) is 13.5 Å². The Kier molecular flexibility index (Phi) is 5.45. The Morgan fingerprint density at radius 3 is 2.54 bits per heavy atom. The molecule has 0 saturated carbocycles. The summed E-state index contributed by atoms with van der Waals surface area (Å²) in [5.41, 5.74) is 0.702. The summed E-state index contributed by atoms with van der Waals surface area (Å²) in [6.07, 6.45) is 0.432. The Balaban J connectivity index is 1.78. The number of amides is 1. The number of sulfonamides is 1. The summed E-state index contributed by atoms with van der Waals surface area (Å²) < 4.78 is 46.7. The second kappa shape index (κ2) is 7.52. The molecule has 0 radical (unpaired) electrons. The fourth-order valence-corrected chi connectivity index (χ4v) is 4.15. The van der Waals surface area contributed by atoms with Crippen molar-refractivity contribution in [2.45, 2.75) is 37.7 Å². The molecule has 6 nitrogen and oxygen atoms in total. The SMILES string of the molecule is CC(=O)N1CC(C)(C)Oc2ccc(S(=O)(=O)NCCc3ccc(F)cc3)cc21. The smallest absolute Gasteiger partial charge is 0.240 e. The van der Waals surface area contributed by atoms with Crippen LogP contribution < -0.4 is 14.4 Å². The van der Waals surface area contributed by atoms with Crippen LogP contribution in [0.5, 0.6) is 5.75 Å². The Bertz CT molecular complexity index is 988. The van der Waals surface area contributed by atoms with Gasteiger partial charge in [-0.1, -0.05) is 12.1 Å². The van der Waals surface area contributed by atoms with Crippen molar-refractivity contribution in [3.05, 3.63) is 53.8 Å². The van der Waals surface area contributed by atoms with Gasteiger partial charge in [-0.05, 0) is 56.2 Å². The normalized spacial score (nSPS) is 15.6. The van der Waals surface area contributed by atoms with Gasteiger partial charge in [0.15, 0.2) is 0 Å². The standard InChI is InChI=1S/C20H23FN2O4S/c1-14(24)23-13-20(2,3)27-19-9-8-17(12-18(19)23)28(25,26)22-11-10-15-4-6-16(21)7-5-15/h4-9,12,22H,10-11,13H2,1-3H3. The second-order valence-corrected chi connectivity index (χ2v) is 9.14. The highest BCUT2D eigenvalue weighted by atomic mass is 32.2. The first-order chi connectivity index (χ1) is 13.1. The van der Waals surface area contributed by atoms with E-state index in [0.717, 1.165) is 5.56 Å². The van der Waals surface area contributed by atoms with E-state index in [-0.39, 0.29) is 23.2 Å². The zero-order chi connectivity index (χ0) is 20.5. The van der Waals surface area contributed by atoms with E-state index in [1.54, 1.807) is 18.2 Å². The summed E-state index contributed by atoms with van der Waals surface area (Å²) in [7, 11) is -3.77. The van der Waals surface area contributed by atoms with E-state index in [1.807, 2.05) is 13.8 Å². The predicted molar refractivity (Wildman–Crippen MR) is 104 cm³/mol. The van der Waals surface area contributed by atoms with Gasteiger partial charge in [-0.2, -0.15) is 0 Å². The first-order valence-electron chi connectivity index (χ1n) is 8.93. The van der Waals surface area contributed by atoms with Crippen LogP contribution in [0, 0.1) is 5.82 Å². The molecule has 0 fully saturated rings. The molecule has 0 atom stereocenters. The summed E-state index contributed by atoms with van der Waals surface area (Å²) in [6, 6.07) is 10.4. The highest BCUT2D eigenvalue weighted by Gasteiger charge is 2.34. The van der Waals surface area contributed by atoms with Crippen LogP contribution in [0.1, 0.15) is 26.3 Å². The van der Waals surface area contributed by atoms with E-state index in [2.05, 4.69) is 4.72 Å². The summed E-state index contributed by atoms with van der Waals surface area (Å²) in [5.74, 6) is -0.0491. The largest absolute Gasteiger partial charge is 0.484 e. The van der Waals surface area contributed by atoms with E-state index < -0.39 is 15.6 Å². The molecule has 3 rings (SSSR count). The third-order valence-electron chi connectivity index (χ3n) is 4.46. The first kappa shape index (κ1) is 20.3. The molecule has 2 aromatic carbocycles. The fraction of sp³-hybridized carbons (Fsp3) is 0.350. The number of nitrogens with zero attached hydrogens (tertiary/aromatic N) is 1. The second-order valence-electron chi connectivity index (χ2n) is 7.37. The molecular weight excluding hydrogens is 383 g/mol. The van der Waals surface area contributed by atoms with Crippen LogP contribution in [0.15, 0.2) is 47.4 Å². The molecule has 1 amide bonds. The van der Waals surface area contributed by atoms with Crippen LogP contribution in [0.2, 0.25) is 0 Å².